The van der Waals surface area contributed by atoms with Gasteiger partial charge < -0.3 is 14.9 Å². The van der Waals surface area contributed by atoms with Gasteiger partial charge in [-0.2, -0.15) is 0 Å². The summed E-state index contributed by atoms with van der Waals surface area (Å²) < 4.78 is 47.9. The number of hydrogen-bond donors (Lipinski definition) is 3. The second-order valence-corrected chi connectivity index (χ2v) is 7.98. The molecule has 0 radical (unpaired) electrons. The molecule has 0 fully saturated rings. The summed E-state index contributed by atoms with van der Waals surface area (Å²) in [5.74, 6) is -0.208. The molecule has 12 heteroatoms. The van der Waals surface area contributed by atoms with Crippen molar-refractivity contribution in [3.05, 3.63) is 54.2 Å². The molecule has 0 saturated heterocycles. The van der Waals surface area contributed by atoms with Gasteiger partial charge in [0, 0.05) is 17.5 Å². The predicted octanol–water partition coefficient (Wildman–Crippen LogP) is 2.12. The molecule has 3 rings (SSSR count). The van der Waals surface area contributed by atoms with Crippen molar-refractivity contribution in [3.63, 3.8) is 0 Å². The lowest BCUT2D eigenvalue weighted by atomic mass is 10.1. The number of sulfonamides is 1. The maximum absolute atomic E-state index is 14.2. The Kier molecular flexibility index (Phi) is 6.24. The van der Waals surface area contributed by atoms with Crippen LogP contribution in [0.5, 0.6) is 5.75 Å². The molecule has 0 atom stereocenters. The third-order valence-corrected chi connectivity index (χ3v) is 5.26. The molecule has 0 saturated carbocycles. The zero-order valence-electron chi connectivity index (χ0n) is 16.3. The van der Waals surface area contributed by atoms with Crippen LogP contribution in [0.15, 0.2) is 51.8 Å². The minimum absolute atomic E-state index is 0.0142. The van der Waals surface area contributed by atoms with Crippen molar-refractivity contribution in [2.24, 2.45) is 10.9 Å². The first-order chi connectivity index (χ1) is 14.6. The second kappa shape index (κ2) is 8.71. The van der Waals surface area contributed by atoms with Crippen LogP contribution in [-0.4, -0.2) is 43.4 Å². The molecular formula is C19H19FN4O6S. The highest BCUT2D eigenvalue weighted by molar-refractivity contribution is 7.89. The number of primary sulfonamides is 1. The third-order valence-electron chi connectivity index (χ3n) is 4.33. The van der Waals surface area contributed by atoms with Crippen molar-refractivity contribution in [2.75, 3.05) is 13.7 Å². The first-order valence-corrected chi connectivity index (χ1v) is 10.4. The number of carbonyl (C=O) groups is 1. The summed E-state index contributed by atoms with van der Waals surface area (Å²) in [6.45, 7) is -0.184. The van der Waals surface area contributed by atoms with Gasteiger partial charge in [0.1, 0.15) is 5.69 Å². The average Bonchev–Trinajstić information content (AvgIpc) is 3.15. The van der Waals surface area contributed by atoms with Gasteiger partial charge in [0.2, 0.25) is 10.0 Å². The van der Waals surface area contributed by atoms with Gasteiger partial charge in [0.25, 0.3) is 0 Å². The quantitative estimate of drug-likeness (QED) is 0.367. The Balaban J connectivity index is 2.05. The van der Waals surface area contributed by atoms with E-state index >= 15 is 0 Å². The van der Waals surface area contributed by atoms with Gasteiger partial charge in [0.15, 0.2) is 23.2 Å². The van der Waals surface area contributed by atoms with Crippen LogP contribution in [0, 0.1) is 5.82 Å². The van der Waals surface area contributed by atoms with Crippen LogP contribution in [-0.2, 0) is 16.4 Å². The van der Waals surface area contributed by atoms with Crippen LogP contribution in [0.4, 0.5) is 9.18 Å². The number of hydrogen-bond acceptors (Lipinski definition) is 7. The van der Waals surface area contributed by atoms with Crippen LogP contribution in [0.3, 0.4) is 0 Å². The van der Waals surface area contributed by atoms with Gasteiger partial charge in [0.05, 0.1) is 18.6 Å². The molecule has 0 aliphatic rings. The van der Waals surface area contributed by atoms with E-state index in [-0.39, 0.29) is 41.0 Å². The molecule has 2 amide bonds. The number of primary amides is 1. The molecule has 1 heterocycles. The Morgan fingerprint density at radius 3 is 2.42 bits per heavy atom. The highest BCUT2D eigenvalue weighted by Crippen LogP contribution is 2.35. The van der Waals surface area contributed by atoms with Crippen molar-refractivity contribution in [1.82, 2.24) is 10.0 Å². The van der Waals surface area contributed by atoms with Gasteiger partial charge in [-0.05, 0) is 42.5 Å². The number of rotatable bonds is 7. The summed E-state index contributed by atoms with van der Waals surface area (Å²) in [7, 11) is -2.55. The number of benzene rings is 2. The van der Waals surface area contributed by atoms with Crippen molar-refractivity contribution < 1.29 is 32.0 Å². The summed E-state index contributed by atoms with van der Waals surface area (Å²) in [4.78, 5) is 15.2. The molecule has 3 aromatic rings. The number of ether oxygens (including phenoxy) is 1. The summed E-state index contributed by atoms with van der Waals surface area (Å²) in [6, 6.07) is 8.71. The van der Waals surface area contributed by atoms with Crippen molar-refractivity contribution in [2.45, 2.75) is 11.3 Å². The smallest absolute Gasteiger partial charge is 0.338 e. The monoisotopic (exact) mass is 450 g/mol. The fourth-order valence-electron chi connectivity index (χ4n) is 2.78. The topological polar surface area (TPSA) is 162 Å². The zero-order valence-corrected chi connectivity index (χ0v) is 17.1. The van der Waals surface area contributed by atoms with E-state index in [1.807, 2.05) is 0 Å². The Morgan fingerprint density at radius 1 is 1.23 bits per heavy atom. The second-order valence-electron chi connectivity index (χ2n) is 6.42. The number of urea groups is 1. The van der Waals surface area contributed by atoms with E-state index in [4.69, 9.17) is 20.0 Å². The van der Waals surface area contributed by atoms with E-state index in [1.165, 1.54) is 43.5 Å². The summed E-state index contributed by atoms with van der Waals surface area (Å²) >= 11 is 0. The molecular weight excluding hydrogens is 431 g/mol. The number of nitrogens with zero attached hydrogens (tertiary/aromatic N) is 2. The normalized spacial score (nSPS) is 11.4. The van der Waals surface area contributed by atoms with Gasteiger partial charge in [-0.1, -0.05) is 0 Å². The van der Waals surface area contributed by atoms with E-state index < -0.39 is 21.9 Å². The molecule has 2 aromatic carbocycles. The maximum Gasteiger partial charge on any atom is 0.338 e. The number of hydroxylamine groups is 2. The number of methoxy groups -OCH3 is 1. The van der Waals surface area contributed by atoms with E-state index in [0.717, 1.165) is 0 Å². The zero-order chi connectivity index (χ0) is 22.8. The molecule has 5 N–H and O–H groups in total. The molecule has 0 aliphatic carbocycles. The van der Waals surface area contributed by atoms with Crippen molar-refractivity contribution >= 4 is 16.1 Å². The molecule has 0 aliphatic heterocycles. The van der Waals surface area contributed by atoms with Crippen LogP contribution in [0.25, 0.3) is 22.6 Å². The number of carbonyl (C=O) groups excluding carboxylic acids is 1. The molecule has 10 nitrogen and oxygen atoms in total. The van der Waals surface area contributed by atoms with Crippen molar-refractivity contribution in [1.29, 1.82) is 0 Å². The summed E-state index contributed by atoms with van der Waals surface area (Å²) in [5.41, 5.74) is 6.07. The molecule has 1 aromatic heterocycles. The van der Waals surface area contributed by atoms with Crippen LogP contribution in [0.2, 0.25) is 0 Å². The maximum atomic E-state index is 14.2. The first-order valence-electron chi connectivity index (χ1n) is 8.83. The highest BCUT2D eigenvalue weighted by atomic mass is 32.2. The van der Waals surface area contributed by atoms with Crippen molar-refractivity contribution in [3.8, 4) is 28.3 Å². The fourth-order valence-corrected chi connectivity index (χ4v) is 3.30. The summed E-state index contributed by atoms with van der Waals surface area (Å²) in [5, 5.41) is 14.9. The number of aromatic nitrogens is 1. The first kappa shape index (κ1) is 22.2. The molecule has 164 valence electrons. The number of amides is 2. The van der Waals surface area contributed by atoms with Gasteiger partial charge >= 0.3 is 6.03 Å². The Bertz CT molecular complexity index is 1210. The van der Waals surface area contributed by atoms with Gasteiger partial charge in [-0.25, -0.2) is 32.8 Å². The van der Waals surface area contributed by atoms with E-state index in [9.17, 15) is 22.8 Å². The minimum atomic E-state index is -3.89. The number of oxazole rings is 1. The lowest BCUT2D eigenvalue weighted by Gasteiger charge is -2.09. The summed E-state index contributed by atoms with van der Waals surface area (Å²) in [6.07, 6.45) is 0.0142. The SMILES string of the molecule is COc1ccc(-c2nc(CCN(O)C(N)=O)oc2-c2ccc(S(N)(=O)=O)cc2)cc1F. The molecule has 0 bridgehead atoms. The van der Waals surface area contributed by atoms with Crippen LogP contribution < -0.4 is 15.6 Å². The van der Waals surface area contributed by atoms with Crippen LogP contribution in [0.1, 0.15) is 5.89 Å². The lowest BCUT2D eigenvalue weighted by Crippen LogP contribution is -2.34. The highest BCUT2D eigenvalue weighted by Gasteiger charge is 2.20. The molecule has 0 unspecified atom stereocenters. The molecule has 31 heavy (non-hydrogen) atoms. The number of nitrogens with two attached hydrogens (primary N) is 2. The fraction of sp³-hybridized carbons (Fsp3) is 0.158. The largest absolute Gasteiger partial charge is 0.494 e. The Hall–Kier alpha value is -3.48. The average molecular weight is 450 g/mol. The number of halogens is 1. The van der Waals surface area contributed by atoms with Gasteiger partial charge in [-0.15, -0.1) is 0 Å². The lowest BCUT2D eigenvalue weighted by molar-refractivity contribution is -0.0392. The Morgan fingerprint density at radius 2 is 1.87 bits per heavy atom. The molecule has 0 spiro atoms. The van der Waals surface area contributed by atoms with E-state index in [1.54, 1.807) is 6.07 Å². The van der Waals surface area contributed by atoms with Crippen LogP contribution >= 0.6 is 0 Å². The van der Waals surface area contributed by atoms with E-state index in [0.29, 0.717) is 16.2 Å². The standard InChI is InChI=1S/C19H19FN4O6S/c1-29-15-7-4-12(10-14(15)20)17-18(11-2-5-13(6-3-11)31(22,27)28)30-16(23-17)8-9-24(26)19(21)25/h2-7,10,26H,8-9H2,1H3,(H2,21,25)(H2,22,27,28). The third kappa shape index (κ3) is 4.99. The minimum Gasteiger partial charge on any atom is -0.494 e. The van der Waals surface area contributed by atoms with E-state index in [2.05, 4.69) is 4.98 Å². The predicted molar refractivity (Wildman–Crippen MR) is 107 cm³/mol. The Labute approximate surface area is 176 Å². The van der Waals surface area contributed by atoms with Gasteiger partial charge in [-0.3, -0.25) is 5.21 Å².